The molecule has 0 bridgehead atoms. The molecule has 0 aliphatic carbocycles. The molecule has 2 rings (SSSR count). The average molecular weight is 378 g/mol. The fourth-order valence-corrected chi connectivity index (χ4v) is 2.26. The van der Waals surface area contributed by atoms with Gasteiger partial charge in [-0.25, -0.2) is 4.98 Å². The van der Waals surface area contributed by atoms with Crippen molar-refractivity contribution in [1.29, 1.82) is 0 Å². The summed E-state index contributed by atoms with van der Waals surface area (Å²) in [6.07, 6.45) is 0. The van der Waals surface area contributed by atoms with Crippen LogP contribution < -0.4 is 5.32 Å². The van der Waals surface area contributed by atoms with Crippen molar-refractivity contribution >= 4 is 50.7 Å². The minimum atomic E-state index is -0.451. The summed E-state index contributed by atoms with van der Waals surface area (Å²) in [7, 11) is 0. The number of carbonyl (C=O) groups is 1. The van der Waals surface area contributed by atoms with Crippen LogP contribution in [0.1, 0.15) is 36.2 Å². The van der Waals surface area contributed by atoms with Crippen LogP contribution >= 0.6 is 39.1 Å². The highest BCUT2D eigenvalue weighted by atomic mass is 79.9. The van der Waals surface area contributed by atoms with Gasteiger partial charge in [0.15, 0.2) is 0 Å². The van der Waals surface area contributed by atoms with E-state index < -0.39 is 5.91 Å². The molecule has 106 valence electrons. The number of H-pyrrole nitrogens is 1. The molecular formula is C12H11BrCl2N4O. The van der Waals surface area contributed by atoms with Gasteiger partial charge in [0.1, 0.15) is 5.82 Å². The van der Waals surface area contributed by atoms with E-state index in [2.05, 4.69) is 36.4 Å². The van der Waals surface area contributed by atoms with Crippen LogP contribution in [0.3, 0.4) is 0 Å². The SMILES string of the molecule is CC(C)c1nc(C(=O)Nc2ccc(Br)c(Cl)c2Cl)n[nH]1. The van der Waals surface area contributed by atoms with Gasteiger partial charge in [-0.1, -0.05) is 37.0 Å². The quantitative estimate of drug-likeness (QED) is 0.785. The largest absolute Gasteiger partial charge is 0.318 e. The van der Waals surface area contributed by atoms with E-state index in [1.54, 1.807) is 12.1 Å². The van der Waals surface area contributed by atoms with Crippen LogP contribution in [-0.4, -0.2) is 21.1 Å². The second-order valence-corrected chi connectivity index (χ2v) is 5.99. The van der Waals surface area contributed by atoms with E-state index in [1.807, 2.05) is 13.8 Å². The molecule has 0 radical (unpaired) electrons. The minimum Gasteiger partial charge on any atom is -0.318 e. The van der Waals surface area contributed by atoms with Crippen molar-refractivity contribution in [3.63, 3.8) is 0 Å². The fourth-order valence-electron chi connectivity index (χ4n) is 1.43. The maximum Gasteiger partial charge on any atom is 0.295 e. The number of nitrogens with zero attached hydrogens (tertiary/aromatic N) is 2. The first-order valence-corrected chi connectivity index (χ1v) is 7.32. The van der Waals surface area contributed by atoms with Gasteiger partial charge < -0.3 is 5.32 Å². The molecule has 0 unspecified atom stereocenters. The van der Waals surface area contributed by atoms with Crippen LogP contribution in [0.4, 0.5) is 5.69 Å². The van der Waals surface area contributed by atoms with Gasteiger partial charge in [0.25, 0.3) is 5.91 Å². The van der Waals surface area contributed by atoms with E-state index in [0.717, 1.165) is 0 Å². The number of carbonyl (C=O) groups excluding carboxylic acids is 1. The van der Waals surface area contributed by atoms with Gasteiger partial charge in [-0.05, 0) is 28.1 Å². The monoisotopic (exact) mass is 376 g/mol. The Morgan fingerprint density at radius 2 is 2.05 bits per heavy atom. The van der Waals surface area contributed by atoms with Gasteiger partial charge in [-0.2, -0.15) is 0 Å². The van der Waals surface area contributed by atoms with Gasteiger partial charge in [-0.15, -0.1) is 5.10 Å². The lowest BCUT2D eigenvalue weighted by Gasteiger charge is -2.07. The highest BCUT2D eigenvalue weighted by Crippen LogP contribution is 2.35. The number of nitrogens with one attached hydrogen (secondary N) is 2. The van der Waals surface area contributed by atoms with Crippen molar-refractivity contribution < 1.29 is 4.79 Å². The van der Waals surface area contributed by atoms with Crippen LogP contribution in [-0.2, 0) is 0 Å². The molecule has 0 saturated heterocycles. The molecule has 8 heteroatoms. The first-order chi connectivity index (χ1) is 9.40. The maximum atomic E-state index is 12.0. The molecule has 1 heterocycles. The Hall–Kier alpha value is -1.11. The molecule has 0 fully saturated rings. The van der Waals surface area contributed by atoms with E-state index in [4.69, 9.17) is 23.2 Å². The second kappa shape index (κ2) is 6.11. The lowest BCUT2D eigenvalue weighted by Crippen LogP contribution is -2.14. The van der Waals surface area contributed by atoms with Crippen LogP contribution in [0, 0.1) is 0 Å². The Morgan fingerprint density at radius 1 is 1.35 bits per heavy atom. The number of hydrogen-bond donors (Lipinski definition) is 2. The Morgan fingerprint density at radius 3 is 2.65 bits per heavy atom. The summed E-state index contributed by atoms with van der Waals surface area (Å²) < 4.78 is 0.655. The molecule has 2 aromatic rings. The predicted molar refractivity (Wildman–Crippen MR) is 82.6 cm³/mol. The van der Waals surface area contributed by atoms with Gasteiger partial charge in [0.2, 0.25) is 5.82 Å². The highest BCUT2D eigenvalue weighted by Gasteiger charge is 2.16. The van der Waals surface area contributed by atoms with Crippen LogP contribution in [0.5, 0.6) is 0 Å². The molecule has 5 nitrogen and oxygen atoms in total. The smallest absolute Gasteiger partial charge is 0.295 e. The van der Waals surface area contributed by atoms with E-state index in [1.165, 1.54) is 0 Å². The van der Waals surface area contributed by atoms with E-state index in [-0.39, 0.29) is 16.8 Å². The predicted octanol–water partition coefficient (Wildman–Crippen LogP) is 4.25. The van der Waals surface area contributed by atoms with Gasteiger partial charge >= 0.3 is 0 Å². The average Bonchev–Trinajstić information content (AvgIpc) is 2.89. The summed E-state index contributed by atoms with van der Waals surface area (Å²) >= 11 is 15.3. The molecule has 1 aromatic heterocycles. The van der Waals surface area contributed by atoms with Crippen molar-refractivity contribution in [2.24, 2.45) is 0 Å². The molecule has 1 amide bonds. The third-order valence-electron chi connectivity index (χ3n) is 2.54. The van der Waals surface area contributed by atoms with Crippen molar-refractivity contribution in [3.05, 3.63) is 38.3 Å². The number of aromatic nitrogens is 3. The number of amides is 1. The third kappa shape index (κ3) is 3.13. The summed E-state index contributed by atoms with van der Waals surface area (Å²) in [6, 6.07) is 3.34. The topological polar surface area (TPSA) is 70.7 Å². The third-order valence-corrected chi connectivity index (χ3v) is 4.31. The molecule has 0 aliphatic heterocycles. The zero-order valence-corrected chi connectivity index (χ0v) is 13.8. The molecule has 0 atom stereocenters. The summed E-state index contributed by atoms with van der Waals surface area (Å²) in [5.41, 5.74) is 0.403. The van der Waals surface area contributed by atoms with Crippen molar-refractivity contribution in [1.82, 2.24) is 15.2 Å². The molecule has 0 spiro atoms. The molecule has 0 saturated carbocycles. The van der Waals surface area contributed by atoms with Gasteiger partial charge in [-0.3, -0.25) is 9.89 Å². The summed E-state index contributed by atoms with van der Waals surface area (Å²) in [6.45, 7) is 3.90. The number of benzene rings is 1. The van der Waals surface area contributed by atoms with Crippen molar-refractivity contribution in [3.8, 4) is 0 Å². The van der Waals surface area contributed by atoms with E-state index in [9.17, 15) is 4.79 Å². The standard InChI is InChI=1S/C12H11BrCl2N4O/c1-5(2)10-17-11(19-18-10)12(20)16-7-4-3-6(13)8(14)9(7)15/h3-5H,1-2H3,(H,16,20)(H,17,18,19). The Labute approximate surface area is 134 Å². The Balaban J connectivity index is 2.21. The van der Waals surface area contributed by atoms with Gasteiger partial charge in [0, 0.05) is 10.4 Å². The van der Waals surface area contributed by atoms with Crippen LogP contribution in [0.15, 0.2) is 16.6 Å². The molecule has 20 heavy (non-hydrogen) atoms. The second-order valence-electron chi connectivity index (χ2n) is 4.38. The van der Waals surface area contributed by atoms with Crippen LogP contribution in [0.25, 0.3) is 0 Å². The number of halogens is 3. The first-order valence-electron chi connectivity index (χ1n) is 5.77. The lowest BCUT2D eigenvalue weighted by atomic mass is 10.2. The highest BCUT2D eigenvalue weighted by molar-refractivity contribution is 9.10. The van der Waals surface area contributed by atoms with E-state index in [0.29, 0.717) is 21.0 Å². The zero-order chi connectivity index (χ0) is 14.9. The summed E-state index contributed by atoms with van der Waals surface area (Å²) in [5, 5.41) is 9.81. The zero-order valence-electron chi connectivity index (χ0n) is 10.7. The molecule has 0 aliphatic rings. The summed E-state index contributed by atoms with van der Waals surface area (Å²) in [5.74, 6) is 0.419. The molecular weight excluding hydrogens is 367 g/mol. The number of anilines is 1. The number of hydrogen-bond acceptors (Lipinski definition) is 3. The number of rotatable bonds is 3. The lowest BCUT2D eigenvalue weighted by molar-refractivity contribution is 0.101. The normalized spacial score (nSPS) is 10.9. The first kappa shape index (κ1) is 15.3. The van der Waals surface area contributed by atoms with Gasteiger partial charge in [0.05, 0.1) is 15.7 Å². The Bertz CT molecular complexity index is 657. The van der Waals surface area contributed by atoms with Crippen molar-refractivity contribution in [2.45, 2.75) is 19.8 Å². The molecule has 1 aromatic carbocycles. The molecule has 2 N–H and O–H groups in total. The summed E-state index contributed by atoms with van der Waals surface area (Å²) in [4.78, 5) is 16.1. The van der Waals surface area contributed by atoms with Crippen LogP contribution in [0.2, 0.25) is 10.0 Å². The minimum absolute atomic E-state index is 0.0591. The number of aromatic amines is 1. The van der Waals surface area contributed by atoms with Crippen molar-refractivity contribution in [2.75, 3.05) is 5.32 Å². The fraction of sp³-hybridized carbons (Fsp3) is 0.250. The Kier molecular flexibility index (Phi) is 4.67. The van der Waals surface area contributed by atoms with E-state index >= 15 is 0 Å². The maximum absolute atomic E-state index is 12.0.